The van der Waals surface area contributed by atoms with Gasteiger partial charge in [0, 0.05) is 76.3 Å². The predicted octanol–water partition coefficient (Wildman–Crippen LogP) is 23.9. The van der Waals surface area contributed by atoms with E-state index >= 15 is 4.79 Å². The molecule has 4 atom stereocenters. The SMILES string of the molecule is CCCCC(CC)CC1(CC(CC)CCCC)C2=CC(=[N+](c3ccc(C)cc3)c3ccc(C)cc3)SC2=c2sc(=C3C(=O)C(c4cc5c(s4)-c4sc(N(c6ccc(C)cc6)c6ccc(C)cc6)cc4C5(CC(CC)CCCC)CC(CC)CCCC)=C3O)cc21. The third-order valence-corrected chi connectivity index (χ3v) is 26.0. The van der Waals surface area contributed by atoms with Crippen LogP contribution in [-0.4, -0.2) is 15.9 Å². The summed E-state index contributed by atoms with van der Waals surface area (Å²) in [5.41, 5.74) is 15.9. The first-order valence-corrected chi connectivity index (χ1v) is 38.2. The molecule has 1 aliphatic heterocycles. The summed E-state index contributed by atoms with van der Waals surface area (Å²) < 4.78 is 4.70. The van der Waals surface area contributed by atoms with Crippen LogP contribution in [0.25, 0.3) is 25.8 Å². The van der Waals surface area contributed by atoms with Crippen LogP contribution < -0.4 is 18.5 Å². The van der Waals surface area contributed by atoms with Crippen LogP contribution in [0.4, 0.5) is 27.8 Å². The smallest absolute Gasteiger partial charge is 0.251 e. The lowest BCUT2D eigenvalue weighted by Crippen LogP contribution is -2.33. The molecule has 90 heavy (non-hydrogen) atoms. The Hall–Kier alpha value is -5.51. The van der Waals surface area contributed by atoms with E-state index in [-0.39, 0.29) is 22.4 Å². The van der Waals surface area contributed by atoms with Crippen LogP contribution in [0, 0.1) is 51.4 Å². The zero-order valence-corrected chi connectivity index (χ0v) is 59.6. The van der Waals surface area contributed by atoms with Crippen LogP contribution in [0.15, 0.2) is 133 Å². The van der Waals surface area contributed by atoms with Gasteiger partial charge in [-0.05, 0) is 154 Å². The van der Waals surface area contributed by atoms with E-state index in [2.05, 4.69) is 214 Å². The molecule has 0 fully saturated rings. The third-order valence-electron chi connectivity index (χ3n) is 21.1. The van der Waals surface area contributed by atoms with Gasteiger partial charge < -0.3 is 10.0 Å². The molecule has 11 rings (SSSR count). The number of hydrogen-bond acceptors (Lipinski definition) is 7. The molecule has 4 nitrogen and oxygen atoms in total. The van der Waals surface area contributed by atoms with Crippen molar-refractivity contribution >= 4 is 100 Å². The molecular formula is C82H101N2O2S4+. The Morgan fingerprint density at radius 1 is 0.489 bits per heavy atom. The van der Waals surface area contributed by atoms with Crippen molar-refractivity contribution in [2.24, 2.45) is 23.7 Å². The number of thiophene rings is 3. The second kappa shape index (κ2) is 28.8. The molecule has 4 unspecified atom stereocenters. The number of hydrogen-bond donors (Lipinski definition) is 1. The number of aliphatic hydroxyl groups is 1. The molecule has 474 valence electrons. The first kappa shape index (κ1) is 66.0. The maximum Gasteiger partial charge on any atom is 0.251 e. The van der Waals surface area contributed by atoms with E-state index in [1.165, 1.54) is 151 Å². The monoisotopic (exact) mass is 1270 g/mol. The van der Waals surface area contributed by atoms with Gasteiger partial charge in [0.1, 0.15) is 10.8 Å². The normalized spacial score (nSPS) is 19.4. The largest absolute Gasteiger partial charge is 0.506 e. The summed E-state index contributed by atoms with van der Waals surface area (Å²) in [6.45, 7) is 27.7. The Balaban J connectivity index is 1.11. The van der Waals surface area contributed by atoms with E-state index in [1.54, 1.807) is 22.7 Å². The number of anilines is 3. The Kier molecular flexibility index (Phi) is 21.1. The summed E-state index contributed by atoms with van der Waals surface area (Å²) in [4.78, 5) is 23.1. The minimum atomic E-state index is -0.233. The van der Waals surface area contributed by atoms with E-state index in [0.29, 0.717) is 34.8 Å². The fourth-order valence-electron chi connectivity index (χ4n) is 15.6. The highest BCUT2D eigenvalue weighted by molar-refractivity contribution is 8.22. The lowest BCUT2D eigenvalue weighted by molar-refractivity contribution is -0.109. The summed E-state index contributed by atoms with van der Waals surface area (Å²) in [7, 11) is 0. The molecule has 4 aliphatic rings. The second-order valence-electron chi connectivity index (χ2n) is 27.4. The minimum Gasteiger partial charge on any atom is -0.506 e. The van der Waals surface area contributed by atoms with Gasteiger partial charge in [-0.1, -0.05) is 229 Å². The maximum atomic E-state index is 15.7. The Morgan fingerprint density at radius 3 is 1.34 bits per heavy atom. The highest BCUT2D eigenvalue weighted by atomic mass is 32.2. The molecule has 0 saturated heterocycles. The second-order valence-corrected chi connectivity index (χ2v) is 31.6. The zero-order valence-electron chi connectivity index (χ0n) is 56.4. The fraction of sp³-hybridized carbons (Fsp3) is 0.463. The van der Waals surface area contributed by atoms with Crippen molar-refractivity contribution in [1.29, 1.82) is 0 Å². The van der Waals surface area contributed by atoms with Crippen molar-refractivity contribution < 1.29 is 9.90 Å². The number of thioether (sulfide) groups is 1. The molecule has 0 spiro atoms. The number of carbonyl (C=O) groups is 1. The van der Waals surface area contributed by atoms with Crippen LogP contribution in [-0.2, 0) is 15.6 Å². The molecule has 1 N–H and O–H groups in total. The van der Waals surface area contributed by atoms with E-state index in [9.17, 15) is 5.11 Å². The number of allylic oxidation sites excluding steroid dienone is 2. The van der Waals surface area contributed by atoms with Gasteiger partial charge in [0.2, 0.25) is 17.2 Å². The van der Waals surface area contributed by atoms with Gasteiger partial charge in [-0.2, -0.15) is 0 Å². The first-order valence-electron chi connectivity index (χ1n) is 35.0. The van der Waals surface area contributed by atoms with E-state index in [0.717, 1.165) is 83.5 Å². The van der Waals surface area contributed by atoms with Crippen LogP contribution in [0.2, 0.25) is 0 Å². The molecule has 4 aromatic carbocycles. The van der Waals surface area contributed by atoms with Gasteiger partial charge in [0.25, 0.3) is 5.04 Å². The van der Waals surface area contributed by atoms with E-state index in [1.807, 2.05) is 23.1 Å². The van der Waals surface area contributed by atoms with Crippen LogP contribution in [0.1, 0.15) is 228 Å². The minimum absolute atomic E-state index is 0.00918. The first-order chi connectivity index (χ1) is 43.7. The molecule has 3 aromatic heterocycles. The van der Waals surface area contributed by atoms with Gasteiger partial charge in [-0.15, -0.1) is 38.6 Å². The quantitative estimate of drug-likeness (QED) is 0.0456. The Bertz CT molecular complexity index is 3770. The summed E-state index contributed by atoms with van der Waals surface area (Å²) in [6.07, 6.45) is 26.0. The lowest BCUT2D eigenvalue weighted by atomic mass is 9.65. The average molecular weight is 1270 g/mol. The molecule has 8 heteroatoms. The summed E-state index contributed by atoms with van der Waals surface area (Å²) in [5, 5.41) is 15.4. The van der Waals surface area contributed by atoms with Crippen LogP contribution >= 0.6 is 45.8 Å². The van der Waals surface area contributed by atoms with Crippen molar-refractivity contribution in [1.82, 2.24) is 4.58 Å². The molecule has 0 bridgehead atoms. The number of unbranched alkanes of at least 4 members (excludes halogenated alkanes) is 4. The molecule has 0 saturated carbocycles. The van der Waals surface area contributed by atoms with E-state index < -0.39 is 0 Å². The topological polar surface area (TPSA) is 43.5 Å². The highest BCUT2D eigenvalue weighted by Crippen LogP contribution is 2.64. The molecule has 7 aromatic rings. The van der Waals surface area contributed by atoms with Crippen LogP contribution in [0.3, 0.4) is 0 Å². The standard InChI is InChI=1S/C82H100N2O2S4/c1-13-21-25-57(17-5)49-81(50-58(18-6)26-22-14-2)65-45-69(87-77(65)79-67(81)47-71(89-79)83(61-37-29-53(9)30-38-61)62-39-31-54(10)32-40-62)73-75(85)74(76(73)86)70-46-66-78(88-70)80-68(82(66,51-59(19-7)27-23-15-3)52-60(20-8)28-24-16-4)48-72(90-80)84(63-41-33-55(11)34-42-63)64-43-35-56(12)36-44-64/h29-48,57-60H,13-28,49-52H2,1-12H3/p+1. The number of fused-ring (bicyclic) bond motifs is 5. The van der Waals surface area contributed by atoms with E-state index in [4.69, 9.17) is 0 Å². The number of ketones is 1. The number of Topliss-reactive ketones (excluding diaryl/α,β-unsaturated/α-hetero) is 1. The van der Waals surface area contributed by atoms with Gasteiger partial charge in [-0.25, -0.2) is 0 Å². The summed E-state index contributed by atoms with van der Waals surface area (Å²) in [6, 6.07) is 43.5. The van der Waals surface area contributed by atoms with Crippen LogP contribution in [0.5, 0.6) is 0 Å². The van der Waals surface area contributed by atoms with Crippen molar-refractivity contribution in [3.63, 3.8) is 0 Å². The van der Waals surface area contributed by atoms with Gasteiger partial charge >= 0.3 is 0 Å². The van der Waals surface area contributed by atoms with Gasteiger partial charge in [-0.3, -0.25) is 4.79 Å². The number of aliphatic hydroxyl groups excluding tert-OH is 1. The number of rotatable bonds is 30. The lowest BCUT2D eigenvalue weighted by Gasteiger charge is -2.38. The number of nitrogens with zero attached hydrogens (tertiary/aromatic N) is 2. The zero-order chi connectivity index (χ0) is 63.4. The third kappa shape index (κ3) is 12.8. The summed E-state index contributed by atoms with van der Waals surface area (Å²) >= 11 is 7.39. The molecule has 4 heterocycles. The summed E-state index contributed by atoms with van der Waals surface area (Å²) in [5.74, 6) is 2.40. The predicted molar refractivity (Wildman–Crippen MR) is 395 cm³/mol. The van der Waals surface area contributed by atoms with Crippen molar-refractivity contribution in [2.45, 2.75) is 222 Å². The number of benzene rings is 4. The highest BCUT2D eigenvalue weighted by Gasteiger charge is 2.53. The van der Waals surface area contributed by atoms with Crippen molar-refractivity contribution in [2.75, 3.05) is 4.90 Å². The maximum absolute atomic E-state index is 15.7. The Morgan fingerprint density at radius 2 is 0.911 bits per heavy atom. The molecular weight excluding hydrogens is 1170 g/mol. The number of carbonyl (C=O) groups excluding carboxylic acids is 1. The fourth-order valence-corrected chi connectivity index (χ4v) is 21.1. The van der Waals surface area contributed by atoms with Gasteiger partial charge in [0.15, 0.2) is 0 Å². The average Bonchev–Trinajstić information content (AvgIpc) is 1.53. The molecule has 0 amide bonds. The number of aryl methyl sites for hydroxylation is 4. The van der Waals surface area contributed by atoms with Gasteiger partial charge in [0.05, 0.1) is 16.0 Å². The molecule has 3 aliphatic carbocycles. The molecule has 0 radical (unpaired) electrons. The van der Waals surface area contributed by atoms with Crippen molar-refractivity contribution in [3.8, 4) is 9.75 Å². The van der Waals surface area contributed by atoms with Crippen molar-refractivity contribution in [3.05, 3.63) is 186 Å². The Labute approximate surface area is 557 Å².